The smallest absolute Gasteiger partial charge is 0.254 e. The SMILES string of the molecule is CC(C)S(=O)(=O)c1ccc(C(=O)N2CCNC(=O)C2)cc1. The second kappa shape index (κ2) is 5.85. The molecule has 0 aromatic heterocycles. The van der Waals surface area contributed by atoms with Crippen LogP contribution in [0.3, 0.4) is 0 Å². The zero-order valence-electron chi connectivity index (χ0n) is 12.0. The Hall–Kier alpha value is -1.89. The van der Waals surface area contributed by atoms with Gasteiger partial charge in [0.2, 0.25) is 5.91 Å². The van der Waals surface area contributed by atoms with Crippen molar-refractivity contribution in [1.82, 2.24) is 10.2 Å². The summed E-state index contributed by atoms with van der Waals surface area (Å²) in [6.45, 7) is 4.15. The maximum absolute atomic E-state index is 12.2. The van der Waals surface area contributed by atoms with Gasteiger partial charge in [0.15, 0.2) is 9.84 Å². The zero-order valence-corrected chi connectivity index (χ0v) is 12.8. The molecule has 1 fully saturated rings. The van der Waals surface area contributed by atoms with Gasteiger partial charge < -0.3 is 10.2 Å². The maximum atomic E-state index is 12.2. The van der Waals surface area contributed by atoms with E-state index in [-0.39, 0.29) is 23.3 Å². The summed E-state index contributed by atoms with van der Waals surface area (Å²) in [5, 5.41) is 2.14. The monoisotopic (exact) mass is 310 g/mol. The lowest BCUT2D eigenvalue weighted by Gasteiger charge is -2.26. The highest BCUT2D eigenvalue weighted by Gasteiger charge is 2.23. The van der Waals surface area contributed by atoms with Gasteiger partial charge in [0.25, 0.3) is 5.91 Å². The van der Waals surface area contributed by atoms with E-state index in [2.05, 4.69) is 5.32 Å². The lowest BCUT2D eigenvalue weighted by Crippen LogP contribution is -2.49. The molecule has 1 aliphatic rings. The van der Waals surface area contributed by atoms with Crippen molar-refractivity contribution < 1.29 is 18.0 Å². The van der Waals surface area contributed by atoms with Gasteiger partial charge in [-0.05, 0) is 38.1 Å². The summed E-state index contributed by atoms with van der Waals surface area (Å²) in [5.74, 6) is -0.452. The molecule has 0 radical (unpaired) electrons. The summed E-state index contributed by atoms with van der Waals surface area (Å²) in [6, 6.07) is 5.85. The number of nitrogens with zero attached hydrogens (tertiary/aromatic N) is 1. The highest BCUT2D eigenvalue weighted by molar-refractivity contribution is 7.92. The topological polar surface area (TPSA) is 83.6 Å². The summed E-state index contributed by atoms with van der Waals surface area (Å²) < 4.78 is 24.0. The van der Waals surface area contributed by atoms with Gasteiger partial charge in [-0.1, -0.05) is 0 Å². The molecule has 0 atom stereocenters. The molecule has 1 N–H and O–H groups in total. The summed E-state index contributed by atoms with van der Waals surface area (Å²) in [4.78, 5) is 25.2. The number of rotatable bonds is 3. The van der Waals surface area contributed by atoms with Crippen molar-refractivity contribution in [3.63, 3.8) is 0 Å². The Bertz CT molecular complexity index is 650. The predicted octanol–water partition coefficient (Wildman–Crippen LogP) is 0.441. The quantitative estimate of drug-likeness (QED) is 0.878. The minimum absolute atomic E-state index is 0.0326. The first-order chi connectivity index (χ1) is 9.82. The molecule has 0 spiro atoms. The molecule has 114 valence electrons. The van der Waals surface area contributed by atoms with E-state index in [1.807, 2.05) is 0 Å². The lowest BCUT2D eigenvalue weighted by molar-refractivity contribution is -0.123. The zero-order chi connectivity index (χ0) is 15.6. The molecule has 1 heterocycles. The molecule has 0 saturated carbocycles. The normalized spacial score (nSPS) is 16.0. The molecule has 21 heavy (non-hydrogen) atoms. The van der Waals surface area contributed by atoms with Crippen LogP contribution in [-0.2, 0) is 14.6 Å². The van der Waals surface area contributed by atoms with E-state index >= 15 is 0 Å². The highest BCUT2D eigenvalue weighted by Crippen LogP contribution is 2.17. The number of carbonyl (C=O) groups excluding carboxylic acids is 2. The first-order valence-electron chi connectivity index (χ1n) is 6.72. The Labute approximate surface area is 124 Å². The van der Waals surface area contributed by atoms with E-state index in [9.17, 15) is 18.0 Å². The largest absolute Gasteiger partial charge is 0.353 e. The van der Waals surface area contributed by atoms with Crippen LogP contribution in [0.4, 0.5) is 0 Å². The fourth-order valence-electron chi connectivity index (χ4n) is 2.05. The van der Waals surface area contributed by atoms with Gasteiger partial charge >= 0.3 is 0 Å². The molecule has 0 aliphatic carbocycles. The highest BCUT2D eigenvalue weighted by atomic mass is 32.2. The van der Waals surface area contributed by atoms with Gasteiger partial charge in [-0.2, -0.15) is 0 Å². The molecule has 0 unspecified atom stereocenters. The average molecular weight is 310 g/mol. The molecule has 2 amide bonds. The van der Waals surface area contributed by atoms with Crippen molar-refractivity contribution in [2.75, 3.05) is 19.6 Å². The first-order valence-corrected chi connectivity index (χ1v) is 8.27. The summed E-state index contributed by atoms with van der Waals surface area (Å²) in [6.07, 6.45) is 0. The number of nitrogens with one attached hydrogen (secondary N) is 1. The molecule has 1 aliphatic heterocycles. The van der Waals surface area contributed by atoms with Crippen molar-refractivity contribution in [3.8, 4) is 0 Å². The van der Waals surface area contributed by atoms with Crippen LogP contribution in [0, 0.1) is 0 Å². The second-order valence-electron chi connectivity index (χ2n) is 5.19. The van der Waals surface area contributed by atoms with Crippen molar-refractivity contribution in [1.29, 1.82) is 0 Å². The van der Waals surface area contributed by atoms with Crippen LogP contribution in [0.1, 0.15) is 24.2 Å². The van der Waals surface area contributed by atoms with Crippen molar-refractivity contribution >= 4 is 21.7 Å². The van der Waals surface area contributed by atoms with Crippen LogP contribution in [0.2, 0.25) is 0 Å². The minimum Gasteiger partial charge on any atom is -0.353 e. The summed E-state index contributed by atoms with van der Waals surface area (Å²) >= 11 is 0. The van der Waals surface area contributed by atoms with E-state index in [0.717, 1.165) is 0 Å². The van der Waals surface area contributed by atoms with Crippen LogP contribution in [-0.4, -0.2) is 50.0 Å². The molecule has 2 rings (SSSR count). The van der Waals surface area contributed by atoms with Gasteiger partial charge in [0, 0.05) is 18.7 Å². The predicted molar refractivity (Wildman–Crippen MR) is 77.7 cm³/mol. The Morgan fingerprint density at radius 1 is 1.24 bits per heavy atom. The molecule has 1 aromatic rings. The number of carbonyl (C=O) groups is 2. The Morgan fingerprint density at radius 2 is 1.86 bits per heavy atom. The molecule has 1 saturated heterocycles. The molecule has 6 nitrogen and oxygen atoms in total. The number of benzene rings is 1. The number of hydrogen-bond acceptors (Lipinski definition) is 4. The van der Waals surface area contributed by atoms with Crippen molar-refractivity contribution in [3.05, 3.63) is 29.8 Å². The van der Waals surface area contributed by atoms with Crippen LogP contribution in [0.5, 0.6) is 0 Å². The molecule has 7 heteroatoms. The van der Waals surface area contributed by atoms with Crippen LogP contribution in [0.15, 0.2) is 29.2 Å². The Balaban J connectivity index is 2.19. The summed E-state index contributed by atoms with van der Waals surface area (Å²) in [7, 11) is -3.34. The summed E-state index contributed by atoms with van der Waals surface area (Å²) in [5.41, 5.74) is 0.382. The first kappa shape index (κ1) is 15.5. The lowest BCUT2D eigenvalue weighted by atomic mass is 10.2. The van der Waals surface area contributed by atoms with Crippen LogP contribution in [0.25, 0.3) is 0 Å². The fraction of sp³-hybridized carbons (Fsp3) is 0.429. The minimum atomic E-state index is -3.34. The maximum Gasteiger partial charge on any atom is 0.254 e. The molecule has 1 aromatic carbocycles. The Kier molecular flexibility index (Phi) is 4.32. The van der Waals surface area contributed by atoms with E-state index in [1.54, 1.807) is 13.8 Å². The van der Waals surface area contributed by atoms with Crippen LogP contribution < -0.4 is 5.32 Å². The van der Waals surface area contributed by atoms with Gasteiger partial charge in [0.1, 0.15) is 0 Å². The number of sulfone groups is 1. The van der Waals surface area contributed by atoms with E-state index in [0.29, 0.717) is 18.7 Å². The Morgan fingerprint density at radius 3 is 2.38 bits per heavy atom. The standard InChI is InChI=1S/C14H18N2O4S/c1-10(2)21(19,20)12-5-3-11(4-6-12)14(18)16-8-7-15-13(17)9-16/h3-6,10H,7-9H2,1-2H3,(H,15,17). The third kappa shape index (κ3) is 3.24. The van der Waals surface area contributed by atoms with Gasteiger partial charge in [-0.3, -0.25) is 9.59 Å². The number of piperazine rings is 1. The fourth-order valence-corrected chi connectivity index (χ4v) is 3.11. The molecular formula is C14H18N2O4S. The number of amides is 2. The van der Waals surface area contributed by atoms with Gasteiger partial charge in [-0.15, -0.1) is 0 Å². The second-order valence-corrected chi connectivity index (χ2v) is 7.70. The third-order valence-corrected chi connectivity index (χ3v) is 5.55. The van der Waals surface area contributed by atoms with Crippen molar-refractivity contribution in [2.45, 2.75) is 24.0 Å². The van der Waals surface area contributed by atoms with Gasteiger partial charge in [0.05, 0.1) is 16.7 Å². The van der Waals surface area contributed by atoms with Crippen molar-refractivity contribution in [2.24, 2.45) is 0 Å². The van der Waals surface area contributed by atoms with E-state index in [4.69, 9.17) is 0 Å². The van der Waals surface area contributed by atoms with Crippen LogP contribution >= 0.6 is 0 Å². The average Bonchev–Trinajstić information content (AvgIpc) is 2.46. The number of hydrogen-bond donors (Lipinski definition) is 1. The van der Waals surface area contributed by atoms with E-state index < -0.39 is 15.1 Å². The van der Waals surface area contributed by atoms with Gasteiger partial charge in [-0.25, -0.2) is 8.42 Å². The molecular weight excluding hydrogens is 292 g/mol. The van der Waals surface area contributed by atoms with E-state index in [1.165, 1.54) is 29.2 Å². The third-order valence-electron chi connectivity index (χ3n) is 3.38. The molecule has 0 bridgehead atoms.